The van der Waals surface area contributed by atoms with E-state index >= 15 is 0 Å². The van der Waals surface area contributed by atoms with E-state index in [-0.39, 0.29) is 0 Å². The predicted molar refractivity (Wildman–Crippen MR) is 182 cm³/mol. The van der Waals surface area contributed by atoms with Crippen LogP contribution in [0.25, 0.3) is 0 Å². The maximum absolute atomic E-state index is 7.81. The average molecular weight is 649 g/mol. The molecule has 5 nitrogen and oxygen atoms in total. The Hall–Kier alpha value is -2.02. The summed E-state index contributed by atoms with van der Waals surface area (Å²) in [4.78, 5) is 0. The summed E-state index contributed by atoms with van der Waals surface area (Å²) >= 11 is 0. The van der Waals surface area contributed by atoms with Crippen molar-refractivity contribution in [1.82, 2.24) is 0 Å². The molecule has 214 valence electrons. The third-order valence-electron chi connectivity index (χ3n) is 6.37. The van der Waals surface area contributed by atoms with E-state index in [1.807, 2.05) is 24.3 Å². The quantitative estimate of drug-likeness (QED) is 0.195. The van der Waals surface area contributed by atoms with Crippen molar-refractivity contribution in [2.24, 2.45) is 0 Å². The lowest BCUT2D eigenvalue weighted by atomic mass is 10.4. The molecule has 4 aromatic carbocycles. The van der Waals surface area contributed by atoms with Gasteiger partial charge in [-0.2, -0.15) is 0 Å². The van der Waals surface area contributed by atoms with Crippen LogP contribution < -0.4 is 20.7 Å². The summed E-state index contributed by atoms with van der Waals surface area (Å²) in [5.41, 5.74) is 0. The molecule has 0 spiro atoms. The molecule has 0 aliphatic rings. The van der Waals surface area contributed by atoms with Crippen LogP contribution in [0.15, 0.2) is 121 Å². The van der Waals surface area contributed by atoms with Gasteiger partial charge in [-0.3, -0.25) is 0 Å². The predicted octanol–water partition coefficient (Wildman–Crippen LogP) is 3.79. The molecule has 0 N–H and O–H groups in total. The lowest BCUT2D eigenvalue weighted by molar-refractivity contribution is 0.324. The van der Waals surface area contributed by atoms with Gasteiger partial charge in [0.1, 0.15) is 0 Å². The lowest BCUT2D eigenvalue weighted by Gasteiger charge is -2.43. The standard InChI is InChI=1S/C30H40O5Si6/c1-36(2)31-38(5)32-39(6)34-41(29-23-15-9-16-24-29,30-25-17-10-18-26-30)35-40(33-37(3)4,27-19-11-7-12-20-27)28-21-13-8-14-22-28/h7-26,38-39H,1-6H3. The van der Waals surface area contributed by atoms with Crippen molar-refractivity contribution in [3.8, 4) is 0 Å². The molecule has 0 amide bonds. The Bertz CT molecular complexity index is 1240. The summed E-state index contributed by atoms with van der Waals surface area (Å²) < 4.78 is 35.0. The van der Waals surface area contributed by atoms with E-state index in [1.54, 1.807) is 0 Å². The number of rotatable bonds is 14. The van der Waals surface area contributed by atoms with Crippen LogP contribution in [0.4, 0.5) is 0 Å². The molecule has 4 aromatic rings. The zero-order valence-electron chi connectivity index (χ0n) is 24.7. The van der Waals surface area contributed by atoms with Gasteiger partial charge < -0.3 is 20.6 Å². The largest absolute Gasteiger partial charge is 0.439 e. The van der Waals surface area contributed by atoms with Gasteiger partial charge in [0.25, 0.3) is 9.28 Å². The molecule has 0 aliphatic heterocycles. The third kappa shape index (κ3) is 8.09. The maximum atomic E-state index is 7.81. The first-order chi connectivity index (χ1) is 19.7. The minimum atomic E-state index is -3.42. The highest BCUT2D eigenvalue weighted by atomic mass is 28.5. The van der Waals surface area contributed by atoms with Gasteiger partial charge in [-0.15, -0.1) is 0 Å². The topological polar surface area (TPSA) is 46.2 Å². The Labute approximate surface area is 254 Å². The van der Waals surface area contributed by atoms with Crippen LogP contribution in [0.1, 0.15) is 0 Å². The van der Waals surface area contributed by atoms with Gasteiger partial charge in [0.15, 0.2) is 18.1 Å². The second-order valence-electron chi connectivity index (χ2n) is 10.2. The second-order valence-corrected chi connectivity index (χ2v) is 25.5. The molecule has 0 saturated heterocycles. The Morgan fingerprint density at radius 3 is 1.20 bits per heavy atom. The molecule has 4 rings (SSSR count). The molecular weight excluding hydrogens is 609 g/mol. The normalized spacial score (nSPS) is 13.9. The minimum absolute atomic E-state index is 0.865. The Morgan fingerprint density at radius 2 is 0.854 bits per heavy atom. The van der Waals surface area contributed by atoms with Crippen molar-refractivity contribution in [1.29, 1.82) is 0 Å². The van der Waals surface area contributed by atoms with Crippen molar-refractivity contribution in [2.75, 3.05) is 0 Å². The van der Waals surface area contributed by atoms with Gasteiger partial charge in [0, 0.05) is 0 Å². The Morgan fingerprint density at radius 1 is 0.488 bits per heavy atom. The molecule has 41 heavy (non-hydrogen) atoms. The zero-order chi connectivity index (χ0) is 29.3. The van der Waals surface area contributed by atoms with Gasteiger partial charge in [-0.25, -0.2) is 0 Å². The molecule has 0 saturated carbocycles. The van der Waals surface area contributed by atoms with Gasteiger partial charge in [0.05, 0.1) is 0 Å². The van der Waals surface area contributed by atoms with Gasteiger partial charge >= 0.3 is 26.4 Å². The SMILES string of the molecule is C[Si](C)O[SiH](C)O[SiH](C)O[Si](O[Si](O[Si](C)C)(c1ccccc1)c1ccccc1)(c1ccccc1)c1ccccc1. The van der Waals surface area contributed by atoms with E-state index in [9.17, 15) is 0 Å². The molecule has 11 heteroatoms. The minimum Gasteiger partial charge on any atom is -0.439 e. The first kappa shape index (κ1) is 31.9. The van der Waals surface area contributed by atoms with Crippen LogP contribution in [0.3, 0.4) is 0 Å². The van der Waals surface area contributed by atoms with Crippen LogP contribution in [0.2, 0.25) is 39.3 Å². The molecule has 2 atom stereocenters. The smallest absolute Gasteiger partial charge is 0.389 e. The van der Waals surface area contributed by atoms with E-state index in [2.05, 4.69) is 136 Å². The van der Waals surface area contributed by atoms with Crippen LogP contribution in [-0.2, 0) is 20.6 Å². The molecule has 0 aromatic heterocycles. The average Bonchev–Trinajstić information content (AvgIpc) is 2.97. The first-order valence-corrected chi connectivity index (χ1v) is 26.6. The Kier molecular flexibility index (Phi) is 11.6. The van der Waals surface area contributed by atoms with E-state index < -0.39 is 53.8 Å². The van der Waals surface area contributed by atoms with E-state index in [0.29, 0.717) is 0 Å². The van der Waals surface area contributed by atoms with E-state index in [1.165, 1.54) is 0 Å². The van der Waals surface area contributed by atoms with Gasteiger partial charge in [0.2, 0.25) is 0 Å². The fourth-order valence-electron chi connectivity index (χ4n) is 4.88. The highest BCUT2D eigenvalue weighted by Crippen LogP contribution is 2.22. The van der Waals surface area contributed by atoms with Crippen LogP contribution in [-0.4, -0.2) is 53.8 Å². The van der Waals surface area contributed by atoms with E-state index in [0.717, 1.165) is 20.7 Å². The molecule has 0 bridgehead atoms. The number of hydrogen-bond donors (Lipinski definition) is 0. The molecule has 0 fully saturated rings. The summed E-state index contributed by atoms with van der Waals surface area (Å²) in [7, 11) is -12.9. The highest BCUT2D eigenvalue weighted by Gasteiger charge is 2.55. The summed E-state index contributed by atoms with van der Waals surface area (Å²) in [5.74, 6) is 0. The van der Waals surface area contributed by atoms with Crippen molar-refractivity contribution in [3.05, 3.63) is 121 Å². The fraction of sp³-hybridized carbons (Fsp3) is 0.200. The van der Waals surface area contributed by atoms with Gasteiger partial charge in [-0.05, 0) is 60.0 Å². The summed E-state index contributed by atoms with van der Waals surface area (Å²) in [6.07, 6.45) is 0. The molecule has 2 unspecified atom stereocenters. The molecular formula is C30H40O5Si6. The second kappa shape index (κ2) is 14.9. The van der Waals surface area contributed by atoms with Crippen LogP contribution >= 0.6 is 0 Å². The van der Waals surface area contributed by atoms with E-state index in [4.69, 9.17) is 20.6 Å². The number of hydrogen-bond acceptors (Lipinski definition) is 5. The number of benzene rings is 4. The molecule has 0 aliphatic carbocycles. The monoisotopic (exact) mass is 648 g/mol. The summed E-state index contributed by atoms with van der Waals surface area (Å²) in [6.45, 7) is 12.8. The Balaban J connectivity index is 1.97. The maximum Gasteiger partial charge on any atom is 0.389 e. The van der Waals surface area contributed by atoms with Crippen LogP contribution in [0, 0.1) is 0 Å². The van der Waals surface area contributed by atoms with Crippen LogP contribution in [0.5, 0.6) is 0 Å². The zero-order valence-corrected chi connectivity index (χ0v) is 31.1. The fourth-order valence-corrected chi connectivity index (χ4v) is 25.2. The van der Waals surface area contributed by atoms with Crippen molar-refractivity contribution >= 4 is 74.5 Å². The van der Waals surface area contributed by atoms with Crippen molar-refractivity contribution in [2.45, 2.75) is 39.3 Å². The molecule has 2 radical (unpaired) electrons. The summed E-state index contributed by atoms with van der Waals surface area (Å²) in [5, 5.41) is 4.20. The summed E-state index contributed by atoms with van der Waals surface area (Å²) in [6, 6.07) is 41.8. The first-order valence-electron chi connectivity index (χ1n) is 14.0. The van der Waals surface area contributed by atoms with Crippen molar-refractivity contribution < 1.29 is 20.6 Å². The third-order valence-corrected chi connectivity index (χ3v) is 24.8. The van der Waals surface area contributed by atoms with Gasteiger partial charge in [-0.1, -0.05) is 121 Å². The highest BCUT2D eigenvalue weighted by molar-refractivity contribution is 7.07. The van der Waals surface area contributed by atoms with Crippen molar-refractivity contribution in [3.63, 3.8) is 0 Å². The molecule has 0 heterocycles. The lowest BCUT2D eigenvalue weighted by Crippen LogP contribution is -2.76.